The van der Waals surface area contributed by atoms with Crippen molar-refractivity contribution >= 4 is 17.9 Å². The number of hydrogen-bond acceptors (Lipinski definition) is 2. The molecule has 0 atom stereocenters. The lowest BCUT2D eigenvalue weighted by molar-refractivity contribution is -0.274. The molecular formula is C14H7ClF4O2. The predicted molar refractivity (Wildman–Crippen MR) is 68.9 cm³/mol. The summed E-state index contributed by atoms with van der Waals surface area (Å²) < 4.78 is 54.0. The fourth-order valence-corrected chi connectivity index (χ4v) is 1.91. The van der Waals surface area contributed by atoms with Gasteiger partial charge in [0, 0.05) is 10.6 Å². The maximum Gasteiger partial charge on any atom is 0.573 e. The van der Waals surface area contributed by atoms with E-state index < -0.39 is 17.9 Å². The van der Waals surface area contributed by atoms with Crippen LogP contribution in [0.2, 0.25) is 5.02 Å². The largest absolute Gasteiger partial charge is 0.573 e. The molecule has 0 N–H and O–H groups in total. The Balaban J connectivity index is 2.46. The van der Waals surface area contributed by atoms with E-state index in [9.17, 15) is 22.4 Å². The SMILES string of the molecule is O=Cc1cc(-c2ccc(Cl)cc2F)ccc1OC(F)(F)F. The molecule has 0 aliphatic heterocycles. The lowest BCUT2D eigenvalue weighted by Crippen LogP contribution is -2.18. The molecule has 2 rings (SSSR count). The van der Waals surface area contributed by atoms with Gasteiger partial charge in [-0.05, 0) is 35.9 Å². The molecule has 0 saturated heterocycles. The molecular weight excluding hydrogens is 312 g/mol. The molecule has 0 aromatic heterocycles. The fourth-order valence-electron chi connectivity index (χ4n) is 1.75. The van der Waals surface area contributed by atoms with Gasteiger partial charge in [0.05, 0.1) is 5.56 Å². The molecule has 2 nitrogen and oxygen atoms in total. The van der Waals surface area contributed by atoms with Crippen molar-refractivity contribution in [1.29, 1.82) is 0 Å². The Labute approximate surface area is 121 Å². The van der Waals surface area contributed by atoms with Gasteiger partial charge >= 0.3 is 6.36 Å². The summed E-state index contributed by atoms with van der Waals surface area (Å²) in [5, 5.41) is 0.184. The molecule has 0 fully saturated rings. The number of rotatable bonds is 3. The first-order chi connectivity index (χ1) is 9.80. The standard InChI is InChI=1S/C14H7ClF4O2/c15-10-2-3-11(12(16)6-10)8-1-4-13(9(5-8)7-20)21-14(17,18)19/h1-7H. The summed E-state index contributed by atoms with van der Waals surface area (Å²) >= 11 is 5.62. The third kappa shape index (κ3) is 3.72. The van der Waals surface area contributed by atoms with Gasteiger partial charge in [-0.15, -0.1) is 13.2 Å². The Bertz CT molecular complexity index is 683. The predicted octanol–water partition coefficient (Wildman–Crippen LogP) is 4.86. The minimum Gasteiger partial charge on any atom is -0.405 e. The fraction of sp³-hybridized carbons (Fsp3) is 0.0714. The number of aldehydes is 1. The van der Waals surface area contributed by atoms with E-state index in [-0.39, 0.29) is 28.0 Å². The van der Waals surface area contributed by atoms with E-state index in [1.165, 1.54) is 18.2 Å². The summed E-state index contributed by atoms with van der Waals surface area (Å²) in [5.41, 5.74) is 0.0148. The number of hydrogen-bond donors (Lipinski definition) is 0. The number of ether oxygens (including phenoxy) is 1. The number of halogens is 5. The molecule has 2 aromatic carbocycles. The van der Waals surface area contributed by atoms with Crippen LogP contribution in [0, 0.1) is 5.82 Å². The molecule has 2 aromatic rings. The quantitative estimate of drug-likeness (QED) is 0.597. The molecule has 21 heavy (non-hydrogen) atoms. The van der Waals surface area contributed by atoms with E-state index >= 15 is 0 Å². The number of carbonyl (C=O) groups is 1. The van der Waals surface area contributed by atoms with Gasteiger partial charge in [-0.3, -0.25) is 4.79 Å². The second-order valence-corrected chi connectivity index (χ2v) is 4.48. The van der Waals surface area contributed by atoms with Gasteiger partial charge in [0.25, 0.3) is 0 Å². The number of alkyl halides is 3. The Morgan fingerprint density at radius 2 is 1.81 bits per heavy atom. The van der Waals surface area contributed by atoms with Crippen LogP contribution in [0.5, 0.6) is 5.75 Å². The van der Waals surface area contributed by atoms with Crippen LogP contribution in [0.25, 0.3) is 11.1 Å². The summed E-state index contributed by atoms with van der Waals surface area (Å²) in [6.45, 7) is 0. The van der Waals surface area contributed by atoms with Crippen molar-refractivity contribution in [2.45, 2.75) is 6.36 Å². The molecule has 7 heteroatoms. The lowest BCUT2D eigenvalue weighted by atomic mass is 10.0. The van der Waals surface area contributed by atoms with E-state index in [0.717, 1.165) is 18.2 Å². The summed E-state index contributed by atoms with van der Waals surface area (Å²) in [7, 11) is 0. The monoisotopic (exact) mass is 318 g/mol. The normalized spacial score (nSPS) is 11.3. The van der Waals surface area contributed by atoms with E-state index in [2.05, 4.69) is 4.74 Å². The Morgan fingerprint density at radius 3 is 2.38 bits per heavy atom. The molecule has 0 amide bonds. The van der Waals surface area contributed by atoms with Gasteiger partial charge in [0.2, 0.25) is 0 Å². The highest BCUT2D eigenvalue weighted by atomic mass is 35.5. The third-order valence-corrected chi connectivity index (χ3v) is 2.84. The Hall–Kier alpha value is -2.08. The molecule has 0 heterocycles. The van der Waals surface area contributed by atoms with Crippen LogP contribution < -0.4 is 4.74 Å². The van der Waals surface area contributed by atoms with Crippen LogP contribution >= 0.6 is 11.6 Å². The third-order valence-electron chi connectivity index (χ3n) is 2.60. The van der Waals surface area contributed by atoms with E-state index in [0.29, 0.717) is 0 Å². The van der Waals surface area contributed by atoms with Crippen LogP contribution in [0.1, 0.15) is 10.4 Å². The first-order valence-corrected chi connectivity index (χ1v) is 5.98. The lowest BCUT2D eigenvalue weighted by Gasteiger charge is -2.12. The van der Waals surface area contributed by atoms with Crippen LogP contribution in [0.4, 0.5) is 17.6 Å². The van der Waals surface area contributed by atoms with Crippen LogP contribution in [-0.2, 0) is 0 Å². The van der Waals surface area contributed by atoms with Gasteiger partial charge in [-0.25, -0.2) is 4.39 Å². The molecule has 0 aliphatic rings. The van der Waals surface area contributed by atoms with Crippen molar-refractivity contribution in [3.63, 3.8) is 0 Å². The summed E-state index contributed by atoms with van der Waals surface area (Å²) in [5.74, 6) is -1.29. The average molecular weight is 319 g/mol. The number of benzene rings is 2. The average Bonchev–Trinajstić information content (AvgIpc) is 2.38. The molecule has 110 valence electrons. The minimum atomic E-state index is -4.91. The molecule has 0 spiro atoms. The van der Waals surface area contributed by atoms with Gasteiger partial charge in [0.1, 0.15) is 11.6 Å². The second kappa shape index (κ2) is 5.73. The van der Waals surface area contributed by atoms with Crippen molar-refractivity contribution in [3.8, 4) is 16.9 Å². The molecule has 0 bridgehead atoms. The zero-order chi connectivity index (χ0) is 15.6. The van der Waals surface area contributed by atoms with E-state index in [1.807, 2.05) is 0 Å². The summed E-state index contributed by atoms with van der Waals surface area (Å²) in [6, 6.07) is 7.16. The van der Waals surface area contributed by atoms with Crippen molar-refractivity contribution in [3.05, 3.63) is 52.8 Å². The zero-order valence-electron chi connectivity index (χ0n) is 10.2. The summed E-state index contributed by atoms with van der Waals surface area (Å²) in [4.78, 5) is 10.9. The van der Waals surface area contributed by atoms with Crippen molar-refractivity contribution in [2.75, 3.05) is 0 Å². The Kier molecular flexibility index (Phi) is 4.18. The molecule has 0 radical (unpaired) electrons. The van der Waals surface area contributed by atoms with Crippen LogP contribution in [-0.4, -0.2) is 12.6 Å². The maximum atomic E-state index is 13.8. The topological polar surface area (TPSA) is 26.3 Å². The van der Waals surface area contributed by atoms with Gasteiger partial charge < -0.3 is 4.74 Å². The van der Waals surface area contributed by atoms with Crippen LogP contribution in [0.3, 0.4) is 0 Å². The second-order valence-electron chi connectivity index (χ2n) is 4.04. The van der Waals surface area contributed by atoms with Crippen molar-refractivity contribution in [1.82, 2.24) is 0 Å². The van der Waals surface area contributed by atoms with E-state index in [4.69, 9.17) is 11.6 Å². The van der Waals surface area contributed by atoms with Gasteiger partial charge in [-0.1, -0.05) is 17.7 Å². The smallest absolute Gasteiger partial charge is 0.405 e. The Morgan fingerprint density at radius 1 is 1.10 bits per heavy atom. The highest BCUT2D eigenvalue weighted by Gasteiger charge is 2.32. The maximum absolute atomic E-state index is 13.8. The molecule has 0 aliphatic carbocycles. The van der Waals surface area contributed by atoms with E-state index in [1.54, 1.807) is 0 Å². The van der Waals surface area contributed by atoms with Gasteiger partial charge in [-0.2, -0.15) is 0 Å². The summed E-state index contributed by atoms with van der Waals surface area (Å²) in [6.07, 6.45) is -4.71. The molecule has 0 unspecified atom stereocenters. The van der Waals surface area contributed by atoms with Crippen molar-refractivity contribution in [2.24, 2.45) is 0 Å². The molecule has 0 saturated carbocycles. The first-order valence-electron chi connectivity index (χ1n) is 5.60. The highest BCUT2D eigenvalue weighted by molar-refractivity contribution is 6.30. The van der Waals surface area contributed by atoms with Gasteiger partial charge in [0.15, 0.2) is 6.29 Å². The van der Waals surface area contributed by atoms with Crippen molar-refractivity contribution < 1.29 is 27.1 Å². The first kappa shape index (κ1) is 15.3. The van der Waals surface area contributed by atoms with Crippen LogP contribution in [0.15, 0.2) is 36.4 Å². The highest BCUT2D eigenvalue weighted by Crippen LogP contribution is 2.31. The minimum absolute atomic E-state index is 0.112. The number of carbonyl (C=O) groups excluding carboxylic acids is 1. The zero-order valence-corrected chi connectivity index (χ0v) is 11.0.